The summed E-state index contributed by atoms with van der Waals surface area (Å²) in [7, 11) is 1.56. The number of ether oxygens (including phenoxy) is 1. The van der Waals surface area contributed by atoms with Gasteiger partial charge in [-0.2, -0.15) is 0 Å². The summed E-state index contributed by atoms with van der Waals surface area (Å²) in [6, 6.07) is 13.5. The van der Waals surface area contributed by atoms with Gasteiger partial charge in [-0.1, -0.05) is 41.6 Å². The monoisotopic (exact) mass is 291 g/mol. The molecule has 0 saturated carbocycles. The van der Waals surface area contributed by atoms with Crippen LogP contribution in [0.25, 0.3) is 0 Å². The molecule has 0 aliphatic carbocycles. The minimum Gasteiger partial charge on any atom is -0.496 e. The minimum absolute atomic E-state index is 0.00778. The van der Waals surface area contributed by atoms with Crippen molar-refractivity contribution in [1.82, 2.24) is 0 Å². The molecule has 110 valence electrons. The Morgan fingerprint density at radius 2 is 1.81 bits per heavy atom. The molecule has 0 fully saturated rings. The smallest absolute Gasteiger partial charge is 0.264 e. The second kappa shape index (κ2) is 7.38. The summed E-state index contributed by atoms with van der Waals surface area (Å²) in [4.78, 5) is 5.09. The zero-order valence-electron chi connectivity index (χ0n) is 11.5. The maximum Gasteiger partial charge on any atom is 0.264 e. The van der Waals surface area contributed by atoms with Gasteiger partial charge in [-0.3, -0.25) is 0 Å². The van der Waals surface area contributed by atoms with Crippen LogP contribution in [0.2, 0.25) is 0 Å². The van der Waals surface area contributed by atoms with Crippen molar-refractivity contribution in [3.05, 3.63) is 65.2 Å². The molecule has 0 spiro atoms. The third kappa shape index (κ3) is 4.02. The maximum absolute atomic E-state index is 12.8. The van der Waals surface area contributed by atoms with Gasteiger partial charge in [0.15, 0.2) is 0 Å². The van der Waals surface area contributed by atoms with Crippen LogP contribution >= 0.6 is 0 Å². The number of hydrogen-bond donors (Lipinski definition) is 0. The number of alkyl halides is 2. The quantitative estimate of drug-likeness (QED) is 0.590. The van der Waals surface area contributed by atoms with Gasteiger partial charge >= 0.3 is 0 Å². The average Bonchev–Trinajstić information content (AvgIpc) is 2.52. The molecule has 3 nitrogen and oxygen atoms in total. The SMILES string of the molecule is COc1ccccc1C=NOCc1ccccc1C(F)F. The fourth-order valence-electron chi connectivity index (χ4n) is 1.85. The van der Waals surface area contributed by atoms with Crippen LogP contribution in [0.3, 0.4) is 0 Å². The Bertz CT molecular complexity index is 615. The highest BCUT2D eigenvalue weighted by Crippen LogP contribution is 2.23. The topological polar surface area (TPSA) is 30.8 Å². The minimum atomic E-state index is -2.53. The lowest BCUT2D eigenvalue weighted by molar-refractivity contribution is 0.120. The second-order valence-electron chi connectivity index (χ2n) is 4.25. The summed E-state index contributed by atoms with van der Waals surface area (Å²) >= 11 is 0. The van der Waals surface area contributed by atoms with Gasteiger partial charge < -0.3 is 9.57 Å². The molecule has 2 aromatic rings. The van der Waals surface area contributed by atoms with E-state index in [0.717, 1.165) is 5.56 Å². The normalized spacial score (nSPS) is 11.0. The first-order valence-corrected chi connectivity index (χ1v) is 6.36. The molecular weight excluding hydrogens is 276 g/mol. The molecule has 0 heterocycles. The number of halogens is 2. The summed E-state index contributed by atoms with van der Waals surface area (Å²) in [6.07, 6.45) is -1.04. The molecule has 0 aliphatic heterocycles. The van der Waals surface area contributed by atoms with Gasteiger partial charge in [0.1, 0.15) is 12.4 Å². The van der Waals surface area contributed by atoms with Crippen LogP contribution in [0.4, 0.5) is 8.78 Å². The number of nitrogens with zero attached hydrogens (tertiary/aromatic N) is 1. The Hall–Kier alpha value is -2.43. The van der Waals surface area contributed by atoms with E-state index in [9.17, 15) is 8.78 Å². The third-order valence-electron chi connectivity index (χ3n) is 2.92. The van der Waals surface area contributed by atoms with Crippen LogP contribution in [0.5, 0.6) is 5.75 Å². The molecule has 0 atom stereocenters. The van der Waals surface area contributed by atoms with E-state index in [2.05, 4.69) is 5.16 Å². The number of rotatable bonds is 6. The summed E-state index contributed by atoms with van der Waals surface area (Å²) in [6.45, 7) is -0.00778. The predicted octanol–water partition coefficient (Wildman–Crippen LogP) is 4.18. The zero-order valence-corrected chi connectivity index (χ0v) is 11.5. The molecule has 0 radical (unpaired) electrons. The van der Waals surface area contributed by atoms with Crippen molar-refractivity contribution in [1.29, 1.82) is 0 Å². The lowest BCUT2D eigenvalue weighted by atomic mass is 10.1. The van der Waals surface area contributed by atoms with E-state index in [-0.39, 0.29) is 12.2 Å². The second-order valence-corrected chi connectivity index (χ2v) is 4.25. The Morgan fingerprint density at radius 1 is 1.10 bits per heavy atom. The lowest BCUT2D eigenvalue weighted by Gasteiger charge is -2.07. The van der Waals surface area contributed by atoms with Crippen LogP contribution in [-0.2, 0) is 11.4 Å². The highest BCUT2D eigenvalue weighted by Gasteiger charge is 2.11. The third-order valence-corrected chi connectivity index (χ3v) is 2.92. The van der Waals surface area contributed by atoms with Gasteiger partial charge in [-0.15, -0.1) is 0 Å². The van der Waals surface area contributed by atoms with E-state index in [1.807, 2.05) is 18.2 Å². The summed E-state index contributed by atoms with van der Waals surface area (Å²) in [5.41, 5.74) is 1.14. The Morgan fingerprint density at radius 3 is 2.57 bits per heavy atom. The molecule has 0 unspecified atom stereocenters. The van der Waals surface area contributed by atoms with E-state index in [4.69, 9.17) is 9.57 Å². The van der Waals surface area contributed by atoms with Crippen LogP contribution in [0.1, 0.15) is 23.1 Å². The van der Waals surface area contributed by atoms with Crippen LogP contribution < -0.4 is 4.74 Å². The molecular formula is C16H15F2NO2. The number of methoxy groups -OCH3 is 1. The van der Waals surface area contributed by atoms with Crippen LogP contribution in [0.15, 0.2) is 53.7 Å². The molecule has 0 amide bonds. The zero-order chi connectivity index (χ0) is 15.1. The molecule has 0 saturated heterocycles. The number of benzene rings is 2. The average molecular weight is 291 g/mol. The summed E-state index contributed by atoms with van der Waals surface area (Å²) in [5.74, 6) is 0.665. The van der Waals surface area contributed by atoms with Gasteiger partial charge in [0.25, 0.3) is 6.43 Å². The largest absolute Gasteiger partial charge is 0.496 e. The Labute approximate surface area is 121 Å². The van der Waals surface area contributed by atoms with Crippen molar-refractivity contribution in [3.63, 3.8) is 0 Å². The molecule has 0 N–H and O–H groups in total. The van der Waals surface area contributed by atoms with Crippen LogP contribution in [0, 0.1) is 0 Å². The van der Waals surface area contributed by atoms with E-state index < -0.39 is 6.43 Å². The van der Waals surface area contributed by atoms with E-state index in [1.54, 1.807) is 31.4 Å². The van der Waals surface area contributed by atoms with Crippen molar-refractivity contribution in [2.45, 2.75) is 13.0 Å². The van der Waals surface area contributed by atoms with Gasteiger partial charge in [-0.25, -0.2) is 8.78 Å². The van der Waals surface area contributed by atoms with E-state index in [1.165, 1.54) is 12.3 Å². The van der Waals surface area contributed by atoms with E-state index in [0.29, 0.717) is 11.3 Å². The van der Waals surface area contributed by atoms with Crippen molar-refractivity contribution < 1.29 is 18.4 Å². The van der Waals surface area contributed by atoms with Gasteiger partial charge in [-0.05, 0) is 12.1 Å². The molecule has 0 bridgehead atoms. The number of oxime groups is 1. The Kier molecular flexibility index (Phi) is 5.26. The lowest BCUT2D eigenvalue weighted by Crippen LogP contribution is -1.96. The first kappa shape index (κ1) is 15.0. The predicted molar refractivity (Wildman–Crippen MR) is 76.8 cm³/mol. The van der Waals surface area contributed by atoms with Crippen molar-refractivity contribution >= 4 is 6.21 Å². The Balaban J connectivity index is 2.00. The van der Waals surface area contributed by atoms with Crippen LogP contribution in [-0.4, -0.2) is 13.3 Å². The standard InChI is InChI=1S/C16H15F2NO2/c1-20-15-9-5-3-6-12(15)10-19-21-11-13-7-2-4-8-14(13)16(17)18/h2-10,16H,11H2,1H3. The highest BCUT2D eigenvalue weighted by atomic mass is 19.3. The fraction of sp³-hybridized carbons (Fsp3) is 0.188. The van der Waals surface area contributed by atoms with Gasteiger partial charge in [0.2, 0.25) is 0 Å². The van der Waals surface area contributed by atoms with Gasteiger partial charge in [0, 0.05) is 16.7 Å². The molecule has 2 rings (SSSR count). The molecule has 5 heteroatoms. The van der Waals surface area contributed by atoms with E-state index >= 15 is 0 Å². The summed E-state index contributed by atoms with van der Waals surface area (Å²) in [5, 5.41) is 3.80. The van der Waals surface area contributed by atoms with Crippen molar-refractivity contribution in [2.24, 2.45) is 5.16 Å². The van der Waals surface area contributed by atoms with Crippen molar-refractivity contribution in [2.75, 3.05) is 7.11 Å². The molecule has 0 aliphatic rings. The molecule has 0 aromatic heterocycles. The molecule has 2 aromatic carbocycles. The molecule has 21 heavy (non-hydrogen) atoms. The van der Waals surface area contributed by atoms with Crippen molar-refractivity contribution in [3.8, 4) is 5.75 Å². The first-order valence-electron chi connectivity index (χ1n) is 6.36. The first-order chi connectivity index (χ1) is 10.2. The summed E-state index contributed by atoms with van der Waals surface area (Å²) < 4.78 is 30.7. The number of hydrogen-bond acceptors (Lipinski definition) is 3. The fourth-order valence-corrected chi connectivity index (χ4v) is 1.85. The number of para-hydroxylation sites is 1. The van der Waals surface area contributed by atoms with Gasteiger partial charge in [0.05, 0.1) is 13.3 Å². The maximum atomic E-state index is 12.8. The highest BCUT2D eigenvalue weighted by molar-refractivity contribution is 5.82.